The van der Waals surface area contributed by atoms with Crippen molar-refractivity contribution in [2.24, 2.45) is 17.3 Å². The minimum Gasteiger partial charge on any atom is -0.344 e. The first-order chi connectivity index (χ1) is 16.1. The zero-order valence-corrected chi connectivity index (χ0v) is 20.8. The summed E-state index contributed by atoms with van der Waals surface area (Å²) in [4.78, 5) is 51.9. The number of nitrogens with one attached hydrogen (secondary N) is 1. The van der Waals surface area contributed by atoms with E-state index >= 15 is 0 Å². The Morgan fingerprint density at radius 2 is 1.79 bits per heavy atom. The molecule has 2 atom stereocenters. The quantitative estimate of drug-likeness (QED) is 0.222. The summed E-state index contributed by atoms with van der Waals surface area (Å²) < 4.78 is 0. The number of amides is 3. The van der Waals surface area contributed by atoms with Crippen LogP contribution in [0.1, 0.15) is 70.2 Å². The normalized spacial score (nSPS) is 16.4. The predicted molar refractivity (Wildman–Crippen MR) is 129 cm³/mol. The van der Waals surface area contributed by atoms with E-state index in [1.165, 1.54) is 0 Å². The third-order valence-corrected chi connectivity index (χ3v) is 6.44. The molecule has 1 aromatic rings. The molecule has 0 radical (unpaired) electrons. The number of nitrogens with zero attached hydrogens (tertiary/aromatic N) is 2. The van der Waals surface area contributed by atoms with Crippen molar-refractivity contribution in [1.29, 1.82) is 0 Å². The van der Waals surface area contributed by atoms with Crippen LogP contribution in [0.4, 0.5) is 0 Å². The Hall–Kier alpha value is -2.74. The summed E-state index contributed by atoms with van der Waals surface area (Å²) in [6.45, 7) is 8.48. The van der Waals surface area contributed by atoms with Gasteiger partial charge in [0.1, 0.15) is 6.04 Å². The maximum Gasteiger partial charge on any atom is 0.245 e. The Labute approximate surface area is 202 Å². The van der Waals surface area contributed by atoms with Gasteiger partial charge in [0.15, 0.2) is 5.78 Å². The van der Waals surface area contributed by atoms with Crippen LogP contribution in [0.15, 0.2) is 30.3 Å². The lowest BCUT2D eigenvalue weighted by Gasteiger charge is -2.38. The zero-order valence-electron chi connectivity index (χ0n) is 20.8. The smallest absolute Gasteiger partial charge is 0.245 e. The van der Waals surface area contributed by atoms with Gasteiger partial charge in [0.25, 0.3) is 0 Å². The minimum atomic E-state index is -0.756. The van der Waals surface area contributed by atoms with Gasteiger partial charge in [-0.2, -0.15) is 0 Å². The monoisotopic (exact) mass is 473 g/mol. The molecule has 1 aliphatic heterocycles. The highest BCUT2D eigenvalue weighted by molar-refractivity contribution is 5.98. The number of carbonyl (C=O) groups excluding carboxylic acids is 4. The third kappa shape index (κ3) is 7.65. The fourth-order valence-corrected chi connectivity index (χ4v) is 4.32. The van der Waals surface area contributed by atoms with Crippen LogP contribution in [-0.2, 0) is 14.4 Å². The molecule has 1 fully saturated rings. The third-order valence-electron chi connectivity index (χ3n) is 6.44. The highest BCUT2D eigenvalue weighted by atomic mass is 16.5. The Bertz CT molecular complexity index is 829. The number of ketones is 1. The second kappa shape index (κ2) is 12.6. The molecule has 188 valence electrons. The zero-order chi connectivity index (χ0) is 25.3. The number of hydrogen-bond donors (Lipinski definition) is 2. The maximum absolute atomic E-state index is 13.5. The molecule has 8 heteroatoms. The van der Waals surface area contributed by atoms with Gasteiger partial charge < -0.3 is 10.2 Å². The molecule has 2 rings (SSSR count). The summed E-state index contributed by atoms with van der Waals surface area (Å²) in [6.07, 6.45) is 3.59. The van der Waals surface area contributed by atoms with Crippen molar-refractivity contribution in [2.45, 2.75) is 65.8 Å². The van der Waals surface area contributed by atoms with E-state index in [2.05, 4.69) is 5.32 Å². The molecule has 0 spiro atoms. The number of hydrogen-bond acceptors (Lipinski definition) is 5. The van der Waals surface area contributed by atoms with Gasteiger partial charge in [-0.3, -0.25) is 24.4 Å². The van der Waals surface area contributed by atoms with E-state index in [1.807, 2.05) is 58.0 Å². The summed E-state index contributed by atoms with van der Waals surface area (Å²) in [5, 5.41) is 13.0. The molecule has 1 aliphatic rings. The van der Waals surface area contributed by atoms with Crippen molar-refractivity contribution < 1.29 is 24.4 Å². The lowest BCUT2D eigenvalue weighted by Crippen LogP contribution is -2.57. The standard InChI is InChI=1S/C26H39N3O5/c1-5-6-10-21(17-29(34)18-30)24(32)27-23(26(2,3)4)25(33)28-15-13-20(14-16-28)22(31)19-11-8-7-9-12-19/h7-9,11-12,18,20-21,23,34H,5-6,10,13-17H2,1-4H3,(H,27,32)/t21-,23-/m1/s1. The molecule has 8 nitrogen and oxygen atoms in total. The number of likely N-dealkylation sites (tertiary alicyclic amines) is 1. The Kier molecular flexibility index (Phi) is 10.2. The molecular weight excluding hydrogens is 434 g/mol. The van der Waals surface area contributed by atoms with E-state index in [-0.39, 0.29) is 36.5 Å². The lowest BCUT2D eigenvalue weighted by molar-refractivity contribution is -0.155. The van der Waals surface area contributed by atoms with Gasteiger partial charge in [0.2, 0.25) is 18.2 Å². The largest absolute Gasteiger partial charge is 0.344 e. The molecule has 1 saturated heterocycles. The van der Waals surface area contributed by atoms with Gasteiger partial charge in [0.05, 0.1) is 12.5 Å². The fourth-order valence-electron chi connectivity index (χ4n) is 4.32. The highest BCUT2D eigenvalue weighted by Gasteiger charge is 2.38. The average molecular weight is 474 g/mol. The molecule has 0 saturated carbocycles. The number of rotatable bonds is 11. The van der Waals surface area contributed by atoms with E-state index in [9.17, 15) is 24.4 Å². The number of Topliss-reactive ketones (excluding diaryl/α,β-unsaturated/α-hetero) is 1. The van der Waals surface area contributed by atoms with E-state index < -0.39 is 17.4 Å². The first-order valence-corrected chi connectivity index (χ1v) is 12.2. The van der Waals surface area contributed by atoms with Crippen LogP contribution < -0.4 is 5.32 Å². The number of unbranched alkanes of at least 4 members (excludes halogenated alkanes) is 1. The lowest BCUT2D eigenvalue weighted by atomic mass is 9.83. The topological polar surface area (TPSA) is 107 Å². The first kappa shape index (κ1) is 27.5. The number of piperidine rings is 1. The molecular formula is C26H39N3O5. The summed E-state index contributed by atoms with van der Waals surface area (Å²) in [5.74, 6) is -1.14. The first-order valence-electron chi connectivity index (χ1n) is 12.2. The number of carbonyl (C=O) groups is 4. The van der Waals surface area contributed by atoms with Crippen molar-refractivity contribution in [2.75, 3.05) is 19.6 Å². The molecule has 3 amide bonds. The van der Waals surface area contributed by atoms with E-state index in [0.29, 0.717) is 43.0 Å². The van der Waals surface area contributed by atoms with Crippen LogP contribution in [0, 0.1) is 17.3 Å². The predicted octanol–water partition coefficient (Wildman–Crippen LogP) is 3.29. The SMILES string of the molecule is CCCC[C@H](CN(O)C=O)C(=O)N[C@H](C(=O)N1CCC(C(=O)c2ccccc2)CC1)C(C)(C)C. The number of hydroxylamine groups is 2. The van der Waals surface area contributed by atoms with E-state index in [0.717, 1.165) is 12.8 Å². The van der Waals surface area contributed by atoms with Crippen molar-refractivity contribution in [3.63, 3.8) is 0 Å². The van der Waals surface area contributed by atoms with Crippen molar-refractivity contribution in [1.82, 2.24) is 15.3 Å². The molecule has 34 heavy (non-hydrogen) atoms. The summed E-state index contributed by atoms with van der Waals surface area (Å²) >= 11 is 0. The highest BCUT2D eigenvalue weighted by Crippen LogP contribution is 2.26. The molecule has 0 aromatic heterocycles. The minimum absolute atomic E-state index is 0.107. The van der Waals surface area contributed by atoms with Crippen LogP contribution in [-0.4, -0.2) is 64.9 Å². The Morgan fingerprint density at radius 1 is 1.18 bits per heavy atom. The van der Waals surface area contributed by atoms with Gasteiger partial charge in [0, 0.05) is 24.6 Å². The Balaban J connectivity index is 2.05. The molecule has 1 heterocycles. The average Bonchev–Trinajstić information content (AvgIpc) is 2.83. The molecule has 2 N–H and O–H groups in total. The van der Waals surface area contributed by atoms with Crippen molar-refractivity contribution >= 4 is 24.0 Å². The van der Waals surface area contributed by atoms with E-state index in [1.54, 1.807) is 4.90 Å². The van der Waals surface area contributed by atoms with Crippen LogP contribution in [0.2, 0.25) is 0 Å². The second-order valence-electron chi connectivity index (χ2n) is 10.2. The summed E-state index contributed by atoms with van der Waals surface area (Å²) in [7, 11) is 0. The van der Waals surface area contributed by atoms with Gasteiger partial charge in [-0.25, -0.2) is 5.06 Å². The van der Waals surface area contributed by atoms with Crippen LogP contribution in [0.3, 0.4) is 0 Å². The van der Waals surface area contributed by atoms with Crippen molar-refractivity contribution in [3.8, 4) is 0 Å². The van der Waals surface area contributed by atoms with Crippen LogP contribution >= 0.6 is 0 Å². The molecule has 0 aliphatic carbocycles. The van der Waals surface area contributed by atoms with Gasteiger partial charge >= 0.3 is 0 Å². The maximum atomic E-state index is 13.5. The van der Waals surface area contributed by atoms with Gasteiger partial charge in [-0.05, 0) is 24.7 Å². The van der Waals surface area contributed by atoms with Crippen LogP contribution in [0.5, 0.6) is 0 Å². The number of benzene rings is 1. The van der Waals surface area contributed by atoms with Gasteiger partial charge in [-0.15, -0.1) is 0 Å². The molecule has 0 bridgehead atoms. The van der Waals surface area contributed by atoms with Crippen molar-refractivity contribution in [3.05, 3.63) is 35.9 Å². The fraction of sp³-hybridized carbons (Fsp3) is 0.615. The molecule has 1 aromatic carbocycles. The van der Waals surface area contributed by atoms with E-state index in [4.69, 9.17) is 0 Å². The van der Waals surface area contributed by atoms with Crippen LogP contribution in [0.25, 0.3) is 0 Å². The second-order valence-corrected chi connectivity index (χ2v) is 10.2. The summed E-state index contributed by atoms with van der Waals surface area (Å²) in [5.41, 5.74) is 0.154. The molecule has 0 unspecified atom stereocenters. The Morgan fingerprint density at radius 3 is 2.32 bits per heavy atom. The van der Waals surface area contributed by atoms with Gasteiger partial charge in [-0.1, -0.05) is 70.9 Å². The summed E-state index contributed by atoms with van der Waals surface area (Å²) in [6, 6.07) is 8.45.